The van der Waals surface area contributed by atoms with Crippen LogP contribution in [0.3, 0.4) is 0 Å². The van der Waals surface area contributed by atoms with Crippen molar-refractivity contribution in [3.8, 4) is 5.75 Å². The largest absolute Gasteiger partial charge is 0.497 e. The number of anilines is 1. The second-order valence-corrected chi connectivity index (χ2v) is 6.66. The number of methoxy groups -OCH3 is 1. The minimum atomic E-state index is -0.225. The highest BCUT2D eigenvalue weighted by atomic mass is 16.5. The summed E-state index contributed by atoms with van der Waals surface area (Å²) in [7, 11) is 3.60. The maximum absolute atomic E-state index is 12.3. The summed E-state index contributed by atoms with van der Waals surface area (Å²) in [6.45, 7) is 1.33. The molecular weight excluding hydrogens is 366 g/mol. The molecule has 2 aromatic heterocycles. The third kappa shape index (κ3) is 6.00. The average molecular weight is 391 g/mol. The highest BCUT2D eigenvalue weighted by Gasteiger charge is 2.10. The third-order valence-corrected chi connectivity index (χ3v) is 4.62. The number of aromatic nitrogens is 3. The summed E-state index contributed by atoms with van der Waals surface area (Å²) in [5.41, 5.74) is 2.65. The van der Waals surface area contributed by atoms with Gasteiger partial charge >= 0.3 is 0 Å². The van der Waals surface area contributed by atoms with Crippen LogP contribution in [0.15, 0.2) is 60.9 Å². The van der Waals surface area contributed by atoms with Crippen LogP contribution in [0.2, 0.25) is 0 Å². The van der Waals surface area contributed by atoms with E-state index in [9.17, 15) is 4.79 Å². The molecule has 0 aliphatic carbocycles. The van der Waals surface area contributed by atoms with Crippen LogP contribution in [0.5, 0.6) is 5.75 Å². The van der Waals surface area contributed by atoms with E-state index in [0.717, 1.165) is 36.5 Å². The van der Waals surface area contributed by atoms with E-state index >= 15 is 0 Å². The zero-order chi connectivity index (χ0) is 20.5. The normalized spacial score (nSPS) is 10.4. The van der Waals surface area contributed by atoms with E-state index in [-0.39, 0.29) is 5.91 Å². The molecule has 7 heteroatoms. The predicted molar refractivity (Wildman–Crippen MR) is 112 cm³/mol. The molecule has 0 spiro atoms. The first-order chi connectivity index (χ1) is 14.2. The number of ether oxygens (including phenoxy) is 1. The van der Waals surface area contributed by atoms with E-state index < -0.39 is 0 Å². The number of rotatable bonds is 9. The smallest absolute Gasteiger partial charge is 0.271 e. The summed E-state index contributed by atoms with van der Waals surface area (Å²) in [5.74, 6) is 1.32. The molecule has 0 saturated heterocycles. The first-order valence-corrected chi connectivity index (χ1v) is 9.50. The first kappa shape index (κ1) is 20.3. The lowest BCUT2D eigenvalue weighted by atomic mass is 10.1. The second kappa shape index (κ2) is 10.2. The van der Waals surface area contributed by atoms with Gasteiger partial charge in [-0.2, -0.15) is 0 Å². The molecule has 1 N–H and O–H groups in total. The second-order valence-electron chi connectivity index (χ2n) is 6.66. The van der Waals surface area contributed by atoms with Gasteiger partial charge in [0.05, 0.1) is 7.11 Å². The van der Waals surface area contributed by atoms with Crippen LogP contribution in [0.1, 0.15) is 21.6 Å². The Hall–Kier alpha value is -3.48. The van der Waals surface area contributed by atoms with Crippen molar-refractivity contribution in [2.45, 2.75) is 12.8 Å². The summed E-state index contributed by atoms with van der Waals surface area (Å²) < 4.78 is 5.14. The van der Waals surface area contributed by atoms with Gasteiger partial charge < -0.3 is 15.0 Å². The third-order valence-electron chi connectivity index (χ3n) is 4.62. The van der Waals surface area contributed by atoms with Gasteiger partial charge in [0, 0.05) is 32.5 Å². The Balaban J connectivity index is 1.46. The first-order valence-electron chi connectivity index (χ1n) is 9.50. The monoisotopic (exact) mass is 391 g/mol. The Kier molecular flexibility index (Phi) is 7.10. The fourth-order valence-corrected chi connectivity index (χ4v) is 2.81. The van der Waals surface area contributed by atoms with Crippen molar-refractivity contribution in [3.05, 3.63) is 77.7 Å². The molecule has 29 heavy (non-hydrogen) atoms. The van der Waals surface area contributed by atoms with E-state index in [4.69, 9.17) is 4.74 Å². The lowest BCUT2D eigenvalue weighted by molar-refractivity contribution is 0.0948. The standard InChI is InChI=1S/C22H25N5O2/c1-27(16-12-18-9-13-23-14-10-18)21-8-7-20(25-26-21)22(28)24-15-11-17-3-5-19(29-2)6-4-17/h3-10,13-14H,11-12,15-16H2,1-2H3,(H,24,28). The van der Waals surface area contributed by atoms with Crippen LogP contribution in [0.4, 0.5) is 5.82 Å². The summed E-state index contributed by atoms with van der Waals surface area (Å²) in [4.78, 5) is 18.3. The number of nitrogens with one attached hydrogen (secondary N) is 1. The molecule has 7 nitrogen and oxygen atoms in total. The number of carbonyl (C=O) groups is 1. The van der Waals surface area contributed by atoms with Crippen LogP contribution >= 0.6 is 0 Å². The molecule has 0 unspecified atom stereocenters. The Morgan fingerprint density at radius 1 is 0.966 bits per heavy atom. The number of hydrogen-bond acceptors (Lipinski definition) is 6. The van der Waals surface area contributed by atoms with Gasteiger partial charge in [0.15, 0.2) is 11.5 Å². The molecule has 1 amide bonds. The van der Waals surface area contributed by atoms with Crippen LogP contribution in [-0.2, 0) is 12.8 Å². The van der Waals surface area contributed by atoms with Gasteiger partial charge in [0.25, 0.3) is 5.91 Å². The average Bonchev–Trinajstić information content (AvgIpc) is 2.78. The van der Waals surface area contributed by atoms with Crippen molar-refractivity contribution in [1.82, 2.24) is 20.5 Å². The molecule has 0 radical (unpaired) electrons. The number of amides is 1. The number of benzene rings is 1. The van der Waals surface area contributed by atoms with Crippen LogP contribution < -0.4 is 15.0 Å². The Bertz CT molecular complexity index is 899. The number of hydrogen-bond donors (Lipinski definition) is 1. The summed E-state index contributed by atoms with van der Waals surface area (Å²) in [6, 6.07) is 15.3. The van der Waals surface area contributed by atoms with Crippen molar-refractivity contribution in [3.63, 3.8) is 0 Å². The number of carbonyl (C=O) groups excluding carboxylic acids is 1. The van der Waals surface area contributed by atoms with Crippen molar-refractivity contribution in [2.75, 3.05) is 32.1 Å². The van der Waals surface area contributed by atoms with Gasteiger partial charge in [0.1, 0.15) is 5.75 Å². The van der Waals surface area contributed by atoms with E-state index in [1.54, 1.807) is 25.6 Å². The van der Waals surface area contributed by atoms with E-state index in [0.29, 0.717) is 12.2 Å². The molecule has 0 aliphatic heterocycles. The quantitative estimate of drug-likeness (QED) is 0.604. The lowest BCUT2D eigenvalue weighted by Crippen LogP contribution is -2.27. The lowest BCUT2D eigenvalue weighted by Gasteiger charge is -2.17. The van der Waals surface area contributed by atoms with Crippen LogP contribution in [0, 0.1) is 0 Å². The van der Waals surface area contributed by atoms with Gasteiger partial charge in [-0.05, 0) is 60.4 Å². The summed E-state index contributed by atoms with van der Waals surface area (Å²) in [5, 5.41) is 11.1. The molecular formula is C22H25N5O2. The molecule has 0 atom stereocenters. The molecule has 3 aromatic rings. The zero-order valence-electron chi connectivity index (χ0n) is 16.7. The Morgan fingerprint density at radius 2 is 1.69 bits per heavy atom. The Morgan fingerprint density at radius 3 is 2.34 bits per heavy atom. The van der Waals surface area contributed by atoms with Crippen molar-refractivity contribution in [1.29, 1.82) is 0 Å². The minimum Gasteiger partial charge on any atom is -0.497 e. The molecule has 2 heterocycles. The van der Waals surface area contributed by atoms with Crippen molar-refractivity contribution < 1.29 is 9.53 Å². The van der Waals surface area contributed by atoms with Crippen LogP contribution in [-0.4, -0.2) is 48.3 Å². The van der Waals surface area contributed by atoms with Crippen LogP contribution in [0.25, 0.3) is 0 Å². The fraction of sp³-hybridized carbons (Fsp3) is 0.273. The van der Waals surface area contributed by atoms with Gasteiger partial charge in [-0.3, -0.25) is 9.78 Å². The zero-order valence-corrected chi connectivity index (χ0v) is 16.7. The van der Waals surface area contributed by atoms with Gasteiger partial charge in [-0.25, -0.2) is 0 Å². The number of pyridine rings is 1. The van der Waals surface area contributed by atoms with Gasteiger partial charge in [0.2, 0.25) is 0 Å². The number of nitrogens with zero attached hydrogens (tertiary/aromatic N) is 4. The SMILES string of the molecule is COc1ccc(CCNC(=O)c2ccc(N(C)CCc3ccncc3)nn2)cc1. The molecule has 150 valence electrons. The van der Waals surface area contributed by atoms with Gasteiger partial charge in [-0.15, -0.1) is 10.2 Å². The van der Waals surface area contributed by atoms with Crippen molar-refractivity contribution >= 4 is 11.7 Å². The fourth-order valence-electron chi connectivity index (χ4n) is 2.81. The van der Waals surface area contributed by atoms with E-state index in [2.05, 4.69) is 20.5 Å². The van der Waals surface area contributed by atoms with E-state index in [1.165, 1.54) is 5.56 Å². The topological polar surface area (TPSA) is 80.2 Å². The number of likely N-dealkylation sites (N-methyl/N-ethyl adjacent to an activating group) is 1. The molecule has 0 saturated carbocycles. The highest BCUT2D eigenvalue weighted by molar-refractivity contribution is 5.92. The molecule has 1 aromatic carbocycles. The minimum absolute atomic E-state index is 0.225. The summed E-state index contributed by atoms with van der Waals surface area (Å²) >= 11 is 0. The molecule has 0 bridgehead atoms. The van der Waals surface area contributed by atoms with E-state index in [1.807, 2.05) is 54.4 Å². The predicted octanol–water partition coefficient (Wildman–Crippen LogP) is 2.53. The highest BCUT2D eigenvalue weighted by Crippen LogP contribution is 2.12. The molecule has 3 rings (SSSR count). The van der Waals surface area contributed by atoms with Crippen molar-refractivity contribution in [2.24, 2.45) is 0 Å². The van der Waals surface area contributed by atoms with Gasteiger partial charge in [-0.1, -0.05) is 12.1 Å². The molecule has 0 fully saturated rings. The Labute approximate surface area is 170 Å². The maximum atomic E-state index is 12.3. The maximum Gasteiger partial charge on any atom is 0.271 e. The summed E-state index contributed by atoms with van der Waals surface area (Å²) in [6.07, 6.45) is 5.20. The molecule has 0 aliphatic rings.